The second-order valence-electron chi connectivity index (χ2n) is 4.33. The SMILES string of the molecule is Cc1cccc(C2CCC(CO)OC2)c1. The van der Waals surface area contributed by atoms with Gasteiger partial charge in [0.05, 0.1) is 19.3 Å². The Hall–Kier alpha value is -0.860. The lowest BCUT2D eigenvalue weighted by Crippen LogP contribution is -2.27. The third kappa shape index (κ3) is 2.58. The molecule has 2 unspecified atom stereocenters. The Morgan fingerprint density at radius 2 is 2.27 bits per heavy atom. The van der Waals surface area contributed by atoms with E-state index in [2.05, 4.69) is 31.2 Å². The summed E-state index contributed by atoms with van der Waals surface area (Å²) in [5, 5.41) is 8.97. The Labute approximate surface area is 90.9 Å². The van der Waals surface area contributed by atoms with Crippen molar-refractivity contribution in [2.75, 3.05) is 13.2 Å². The Bertz CT molecular complexity index is 314. The van der Waals surface area contributed by atoms with Crippen molar-refractivity contribution in [3.05, 3.63) is 35.4 Å². The summed E-state index contributed by atoms with van der Waals surface area (Å²) in [6.45, 7) is 3.01. The van der Waals surface area contributed by atoms with Gasteiger partial charge in [0.15, 0.2) is 0 Å². The first kappa shape index (κ1) is 10.7. The van der Waals surface area contributed by atoms with E-state index in [1.807, 2.05) is 0 Å². The number of aliphatic hydroxyl groups is 1. The van der Waals surface area contributed by atoms with E-state index in [-0.39, 0.29) is 12.7 Å². The quantitative estimate of drug-likeness (QED) is 0.804. The van der Waals surface area contributed by atoms with Gasteiger partial charge in [0.2, 0.25) is 0 Å². The highest BCUT2D eigenvalue weighted by Crippen LogP contribution is 2.28. The molecule has 1 heterocycles. The largest absolute Gasteiger partial charge is 0.394 e. The summed E-state index contributed by atoms with van der Waals surface area (Å²) >= 11 is 0. The van der Waals surface area contributed by atoms with Crippen LogP contribution in [0, 0.1) is 6.92 Å². The zero-order valence-electron chi connectivity index (χ0n) is 9.15. The van der Waals surface area contributed by atoms with Crippen LogP contribution in [-0.4, -0.2) is 24.4 Å². The van der Waals surface area contributed by atoms with Gasteiger partial charge in [0, 0.05) is 5.92 Å². The minimum atomic E-state index is 0.0612. The molecule has 2 heteroatoms. The molecule has 1 N–H and O–H groups in total. The van der Waals surface area contributed by atoms with Crippen LogP contribution in [0.1, 0.15) is 29.9 Å². The van der Waals surface area contributed by atoms with Crippen molar-refractivity contribution in [1.82, 2.24) is 0 Å². The van der Waals surface area contributed by atoms with Crippen LogP contribution in [0.4, 0.5) is 0 Å². The highest BCUT2D eigenvalue weighted by molar-refractivity contribution is 5.25. The molecule has 0 aliphatic carbocycles. The fourth-order valence-corrected chi connectivity index (χ4v) is 2.14. The molecule has 2 atom stereocenters. The van der Waals surface area contributed by atoms with E-state index in [0.29, 0.717) is 5.92 Å². The molecule has 1 fully saturated rings. The molecule has 0 spiro atoms. The lowest BCUT2D eigenvalue weighted by molar-refractivity contribution is -0.0269. The molecule has 1 aromatic carbocycles. The minimum absolute atomic E-state index is 0.0612. The lowest BCUT2D eigenvalue weighted by atomic mass is 9.91. The van der Waals surface area contributed by atoms with Gasteiger partial charge in [-0.1, -0.05) is 29.8 Å². The molecule has 0 saturated carbocycles. The van der Waals surface area contributed by atoms with E-state index in [9.17, 15) is 0 Å². The molecule has 2 nitrogen and oxygen atoms in total. The molecule has 82 valence electrons. The number of ether oxygens (including phenoxy) is 1. The first-order chi connectivity index (χ1) is 7.29. The maximum Gasteiger partial charge on any atom is 0.0806 e. The van der Waals surface area contributed by atoms with Gasteiger partial charge in [-0.25, -0.2) is 0 Å². The smallest absolute Gasteiger partial charge is 0.0806 e. The molecule has 0 radical (unpaired) electrons. The molecule has 15 heavy (non-hydrogen) atoms. The van der Waals surface area contributed by atoms with Gasteiger partial charge in [-0.3, -0.25) is 0 Å². The van der Waals surface area contributed by atoms with E-state index in [1.54, 1.807) is 0 Å². The first-order valence-electron chi connectivity index (χ1n) is 5.58. The third-order valence-electron chi connectivity index (χ3n) is 3.09. The van der Waals surface area contributed by atoms with Crippen molar-refractivity contribution in [3.63, 3.8) is 0 Å². The highest BCUT2D eigenvalue weighted by atomic mass is 16.5. The summed E-state index contributed by atoms with van der Waals surface area (Å²) in [5.41, 5.74) is 2.67. The Morgan fingerprint density at radius 3 is 2.87 bits per heavy atom. The van der Waals surface area contributed by atoms with Gasteiger partial charge in [-0.15, -0.1) is 0 Å². The molecule has 1 saturated heterocycles. The monoisotopic (exact) mass is 206 g/mol. The predicted molar refractivity (Wildman–Crippen MR) is 60.0 cm³/mol. The van der Waals surface area contributed by atoms with Crippen LogP contribution in [0.3, 0.4) is 0 Å². The normalized spacial score (nSPS) is 26.5. The Balaban J connectivity index is 2.01. The predicted octanol–water partition coefficient (Wildman–Crippen LogP) is 2.25. The zero-order chi connectivity index (χ0) is 10.7. The second kappa shape index (κ2) is 4.77. The van der Waals surface area contributed by atoms with Gasteiger partial charge >= 0.3 is 0 Å². The third-order valence-corrected chi connectivity index (χ3v) is 3.09. The van der Waals surface area contributed by atoms with E-state index >= 15 is 0 Å². The van der Waals surface area contributed by atoms with Crippen molar-refractivity contribution >= 4 is 0 Å². The molecule has 2 rings (SSSR count). The molecule has 0 bridgehead atoms. The zero-order valence-corrected chi connectivity index (χ0v) is 9.15. The fourth-order valence-electron chi connectivity index (χ4n) is 2.14. The number of rotatable bonds is 2. The maximum absolute atomic E-state index is 8.97. The van der Waals surface area contributed by atoms with Crippen LogP contribution in [0.2, 0.25) is 0 Å². The highest BCUT2D eigenvalue weighted by Gasteiger charge is 2.22. The van der Waals surface area contributed by atoms with E-state index in [1.165, 1.54) is 11.1 Å². The van der Waals surface area contributed by atoms with E-state index < -0.39 is 0 Å². The molecule has 1 aliphatic rings. The molecular weight excluding hydrogens is 188 g/mol. The van der Waals surface area contributed by atoms with Crippen LogP contribution in [0.25, 0.3) is 0 Å². The van der Waals surface area contributed by atoms with Crippen molar-refractivity contribution in [2.45, 2.75) is 31.8 Å². The number of hydrogen-bond acceptors (Lipinski definition) is 2. The van der Waals surface area contributed by atoms with Crippen LogP contribution >= 0.6 is 0 Å². The summed E-state index contributed by atoms with van der Waals surface area (Å²) in [7, 11) is 0. The van der Waals surface area contributed by atoms with Crippen molar-refractivity contribution in [1.29, 1.82) is 0 Å². The van der Waals surface area contributed by atoms with Crippen LogP contribution in [-0.2, 0) is 4.74 Å². The molecule has 0 amide bonds. The molecule has 0 aromatic heterocycles. The minimum Gasteiger partial charge on any atom is -0.394 e. The lowest BCUT2D eigenvalue weighted by Gasteiger charge is -2.28. The summed E-state index contributed by atoms with van der Waals surface area (Å²) in [6.07, 6.45) is 2.15. The van der Waals surface area contributed by atoms with Crippen LogP contribution < -0.4 is 0 Å². The van der Waals surface area contributed by atoms with Crippen molar-refractivity contribution in [3.8, 4) is 0 Å². The average molecular weight is 206 g/mol. The van der Waals surface area contributed by atoms with Gasteiger partial charge in [0.25, 0.3) is 0 Å². The first-order valence-corrected chi connectivity index (χ1v) is 5.58. The molecule has 1 aliphatic heterocycles. The van der Waals surface area contributed by atoms with Crippen molar-refractivity contribution < 1.29 is 9.84 Å². The van der Waals surface area contributed by atoms with E-state index in [4.69, 9.17) is 9.84 Å². The van der Waals surface area contributed by atoms with E-state index in [0.717, 1.165) is 19.4 Å². The summed E-state index contributed by atoms with van der Waals surface area (Å²) < 4.78 is 5.58. The van der Waals surface area contributed by atoms with Gasteiger partial charge in [0.1, 0.15) is 0 Å². The van der Waals surface area contributed by atoms with Gasteiger partial charge in [-0.2, -0.15) is 0 Å². The summed E-state index contributed by atoms with van der Waals surface area (Å²) in [5.74, 6) is 0.507. The maximum atomic E-state index is 8.97. The number of aryl methyl sites for hydroxylation is 1. The number of aliphatic hydroxyl groups excluding tert-OH is 1. The van der Waals surface area contributed by atoms with Gasteiger partial charge < -0.3 is 9.84 Å². The molecular formula is C13H18O2. The Kier molecular flexibility index (Phi) is 3.39. The average Bonchev–Trinajstić information content (AvgIpc) is 2.29. The van der Waals surface area contributed by atoms with Crippen LogP contribution in [0.5, 0.6) is 0 Å². The standard InChI is InChI=1S/C13H18O2/c1-10-3-2-4-11(7-10)12-5-6-13(8-14)15-9-12/h2-4,7,12-14H,5-6,8-9H2,1H3. The van der Waals surface area contributed by atoms with Crippen LogP contribution in [0.15, 0.2) is 24.3 Å². The number of benzene rings is 1. The molecule has 1 aromatic rings. The van der Waals surface area contributed by atoms with Crippen molar-refractivity contribution in [2.24, 2.45) is 0 Å². The number of hydrogen-bond donors (Lipinski definition) is 1. The summed E-state index contributed by atoms with van der Waals surface area (Å²) in [6, 6.07) is 8.61. The van der Waals surface area contributed by atoms with Gasteiger partial charge in [-0.05, 0) is 25.3 Å². The second-order valence-corrected chi connectivity index (χ2v) is 4.33. The topological polar surface area (TPSA) is 29.5 Å². The Morgan fingerprint density at radius 1 is 1.40 bits per heavy atom. The fraction of sp³-hybridized carbons (Fsp3) is 0.538. The summed E-state index contributed by atoms with van der Waals surface area (Å²) in [4.78, 5) is 0.